The number of carbonyl (C=O) groups excluding carboxylic acids is 1. The number of carbonyl (C=O) groups is 2. The lowest BCUT2D eigenvalue weighted by molar-refractivity contribution is -0.142. The van der Waals surface area contributed by atoms with E-state index >= 15 is 0 Å². The summed E-state index contributed by atoms with van der Waals surface area (Å²) in [6, 6.07) is -0.360. The molecule has 0 aromatic rings. The van der Waals surface area contributed by atoms with Crippen molar-refractivity contribution in [2.45, 2.75) is 20.3 Å². The molecule has 0 aliphatic carbocycles. The van der Waals surface area contributed by atoms with E-state index in [-0.39, 0.29) is 18.5 Å². The lowest BCUT2D eigenvalue weighted by Gasteiger charge is -2.16. The number of ether oxygens (including phenoxy) is 1. The molecule has 21 heavy (non-hydrogen) atoms. The zero-order valence-electron chi connectivity index (χ0n) is 13.5. The zero-order chi connectivity index (χ0) is 16.3. The molecule has 0 aromatic carbocycles. The third-order valence-corrected chi connectivity index (χ3v) is 2.83. The minimum absolute atomic E-state index is 0.140. The molecular weight excluding hydrogens is 274 g/mol. The highest BCUT2D eigenvalue weighted by molar-refractivity contribution is 5.75. The summed E-state index contributed by atoms with van der Waals surface area (Å²) in [4.78, 5) is 24.6. The van der Waals surface area contributed by atoms with Gasteiger partial charge in [0.15, 0.2) is 0 Å². The second-order valence-electron chi connectivity index (χ2n) is 5.72. The summed E-state index contributed by atoms with van der Waals surface area (Å²) in [5, 5.41) is 14.3. The molecule has 0 heterocycles. The zero-order valence-corrected chi connectivity index (χ0v) is 13.5. The first-order valence-corrected chi connectivity index (χ1v) is 7.30. The Kier molecular flexibility index (Phi) is 10.6. The molecule has 124 valence electrons. The van der Waals surface area contributed by atoms with Crippen molar-refractivity contribution >= 4 is 12.0 Å². The Labute approximate surface area is 127 Å². The van der Waals surface area contributed by atoms with Gasteiger partial charge in [-0.15, -0.1) is 0 Å². The lowest BCUT2D eigenvalue weighted by Crippen LogP contribution is -2.41. The summed E-state index contributed by atoms with van der Waals surface area (Å²) in [7, 11) is 3.93. The fourth-order valence-electron chi connectivity index (χ4n) is 1.70. The van der Waals surface area contributed by atoms with Gasteiger partial charge in [-0.3, -0.25) is 4.79 Å². The Hall–Kier alpha value is -1.34. The average molecular weight is 303 g/mol. The van der Waals surface area contributed by atoms with Gasteiger partial charge in [-0.1, -0.05) is 13.8 Å². The fourth-order valence-corrected chi connectivity index (χ4v) is 1.70. The van der Waals surface area contributed by atoms with Crippen molar-refractivity contribution in [2.75, 3.05) is 46.9 Å². The molecule has 0 saturated heterocycles. The summed E-state index contributed by atoms with van der Waals surface area (Å²) in [6.07, 6.45) is 0.545. The van der Waals surface area contributed by atoms with Crippen LogP contribution < -0.4 is 10.6 Å². The minimum atomic E-state index is -0.879. The molecule has 0 saturated carbocycles. The normalized spacial score (nSPS) is 12.5. The van der Waals surface area contributed by atoms with Gasteiger partial charge in [-0.05, 0) is 26.4 Å². The highest BCUT2D eigenvalue weighted by Gasteiger charge is 2.19. The molecular formula is C14H29N3O4. The van der Waals surface area contributed by atoms with Gasteiger partial charge in [0, 0.05) is 19.6 Å². The number of carboxylic acid groups (broad SMARTS) is 1. The van der Waals surface area contributed by atoms with Crippen LogP contribution in [0.2, 0.25) is 0 Å². The monoisotopic (exact) mass is 303 g/mol. The van der Waals surface area contributed by atoms with E-state index in [4.69, 9.17) is 9.84 Å². The standard InChI is InChI=1S/C14H29N3O4/c1-11(2)9-12(13(18)19)10-16-14(20)15-5-7-21-8-6-17(3)4/h11-12H,5-10H2,1-4H3,(H,18,19)(H2,15,16,20). The summed E-state index contributed by atoms with van der Waals surface area (Å²) < 4.78 is 5.33. The molecule has 0 aliphatic heterocycles. The molecule has 0 aliphatic rings. The third-order valence-electron chi connectivity index (χ3n) is 2.83. The quantitative estimate of drug-likeness (QED) is 0.487. The van der Waals surface area contributed by atoms with Crippen LogP contribution >= 0.6 is 0 Å². The van der Waals surface area contributed by atoms with Crippen LogP contribution in [0.15, 0.2) is 0 Å². The Balaban J connectivity index is 3.71. The third kappa shape index (κ3) is 12.1. The molecule has 0 rings (SSSR count). The van der Waals surface area contributed by atoms with Gasteiger partial charge in [-0.25, -0.2) is 4.79 Å². The van der Waals surface area contributed by atoms with Crippen LogP contribution in [-0.2, 0) is 9.53 Å². The van der Waals surface area contributed by atoms with Crippen LogP contribution in [0.25, 0.3) is 0 Å². The van der Waals surface area contributed by atoms with Crippen molar-refractivity contribution in [1.29, 1.82) is 0 Å². The van der Waals surface area contributed by atoms with Gasteiger partial charge < -0.3 is 25.4 Å². The maximum absolute atomic E-state index is 11.5. The number of carboxylic acids is 1. The molecule has 7 heteroatoms. The maximum Gasteiger partial charge on any atom is 0.314 e. The highest BCUT2D eigenvalue weighted by atomic mass is 16.5. The minimum Gasteiger partial charge on any atom is -0.481 e. The van der Waals surface area contributed by atoms with E-state index in [2.05, 4.69) is 10.6 Å². The average Bonchev–Trinajstić information content (AvgIpc) is 2.37. The SMILES string of the molecule is CC(C)CC(CNC(=O)NCCOCCN(C)C)C(=O)O. The van der Waals surface area contributed by atoms with E-state index in [0.29, 0.717) is 26.2 Å². The van der Waals surface area contributed by atoms with Crippen molar-refractivity contribution in [1.82, 2.24) is 15.5 Å². The van der Waals surface area contributed by atoms with Crippen molar-refractivity contribution in [3.05, 3.63) is 0 Å². The van der Waals surface area contributed by atoms with E-state index in [1.54, 1.807) is 0 Å². The molecule has 1 unspecified atom stereocenters. The molecule has 2 amide bonds. The number of likely N-dealkylation sites (N-methyl/N-ethyl adjacent to an activating group) is 1. The smallest absolute Gasteiger partial charge is 0.314 e. The predicted molar refractivity (Wildman–Crippen MR) is 81.4 cm³/mol. The van der Waals surface area contributed by atoms with Crippen molar-refractivity contribution in [2.24, 2.45) is 11.8 Å². The molecule has 0 aromatic heterocycles. The Morgan fingerprint density at radius 2 is 1.86 bits per heavy atom. The van der Waals surface area contributed by atoms with Crippen LogP contribution in [0.5, 0.6) is 0 Å². The van der Waals surface area contributed by atoms with Crippen molar-refractivity contribution in [3.8, 4) is 0 Å². The van der Waals surface area contributed by atoms with Gasteiger partial charge in [0.25, 0.3) is 0 Å². The molecule has 0 bridgehead atoms. The molecule has 7 nitrogen and oxygen atoms in total. The van der Waals surface area contributed by atoms with Crippen LogP contribution in [0.4, 0.5) is 4.79 Å². The first-order chi connectivity index (χ1) is 9.82. The van der Waals surface area contributed by atoms with Gasteiger partial charge in [-0.2, -0.15) is 0 Å². The second kappa shape index (κ2) is 11.3. The predicted octanol–water partition coefficient (Wildman–Crippen LogP) is 0.611. The first-order valence-electron chi connectivity index (χ1n) is 7.30. The molecule has 0 radical (unpaired) electrons. The van der Waals surface area contributed by atoms with Crippen LogP contribution in [-0.4, -0.2) is 69.0 Å². The van der Waals surface area contributed by atoms with Gasteiger partial charge in [0.05, 0.1) is 19.1 Å². The Morgan fingerprint density at radius 1 is 1.19 bits per heavy atom. The molecule has 3 N–H and O–H groups in total. The van der Waals surface area contributed by atoms with Crippen LogP contribution in [0.1, 0.15) is 20.3 Å². The van der Waals surface area contributed by atoms with Gasteiger partial charge >= 0.3 is 12.0 Å². The Bertz CT molecular complexity index is 309. The second-order valence-corrected chi connectivity index (χ2v) is 5.72. The van der Waals surface area contributed by atoms with E-state index in [9.17, 15) is 9.59 Å². The fraction of sp³-hybridized carbons (Fsp3) is 0.857. The number of rotatable bonds is 11. The van der Waals surface area contributed by atoms with E-state index < -0.39 is 11.9 Å². The topological polar surface area (TPSA) is 90.9 Å². The lowest BCUT2D eigenvalue weighted by atomic mass is 9.97. The largest absolute Gasteiger partial charge is 0.481 e. The first kappa shape index (κ1) is 19.7. The number of hydrogen-bond donors (Lipinski definition) is 3. The van der Waals surface area contributed by atoms with Crippen LogP contribution in [0, 0.1) is 11.8 Å². The summed E-state index contributed by atoms with van der Waals surface area (Å²) in [5.41, 5.74) is 0. The van der Waals surface area contributed by atoms with Crippen molar-refractivity contribution < 1.29 is 19.4 Å². The summed E-state index contributed by atoms with van der Waals surface area (Å²) in [6.45, 7) is 6.35. The molecule has 0 spiro atoms. The number of nitrogens with zero attached hydrogens (tertiary/aromatic N) is 1. The van der Waals surface area contributed by atoms with Gasteiger partial charge in [0.1, 0.15) is 0 Å². The number of urea groups is 1. The van der Waals surface area contributed by atoms with E-state index in [1.807, 2.05) is 32.8 Å². The number of amides is 2. The maximum atomic E-state index is 11.5. The van der Waals surface area contributed by atoms with E-state index in [0.717, 1.165) is 6.54 Å². The molecule has 1 atom stereocenters. The number of nitrogens with one attached hydrogen (secondary N) is 2. The van der Waals surface area contributed by atoms with Crippen LogP contribution in [0.3, 0.4) is 0 Å². The highest BCUT2D eigenvalue weighted by Crippen LogP contribution is 2.10. The number of aliphatic carboxylic acids is 1. The number of hydrogen-bond acceptors (Lipinski definition) is 4. The summed E-state index contributed by atoms with van der Waals surface area (Å²) >= 11 is 0. The molecule has 0 fully saturated rings. The Morgan fingerprint density at radius 3 is 2.38 bits per heavy atom. The van der Waals surface area contributed by atoms with Gasteiger partial charge in [0.2, 0.25) is 0 Å². The van der Waals surface area contributed by atoms with E-state index in [1.165, 1.54) is 0 Å². The van der Waals surface area contributed by atoms with Crippen molar-refractivity contribution in [3.63, 3.8) is 0 Å². The summed E-state index contributed by atoms with van der Waals surface area (Å²) in [5.74, 6) is -1.15.